The van der Waals surface area contributed by atoms with Crippen LogP contribution in [-0.4, -0.2) is 17.7 Å². The highest BCUT2D eigenvalue weighted by molar-refractivity contribution is 8.00. The maximum Gasteiger partial charge on any atom is 0.418 e. The molecule has 4 aromatic carbocycles. The standard InChI is InChI=1S/C35H25ClF3N3O3S2/c36-25-11-16-29(28(20-25)35(37,38)39)41-34(45)31(23-7-3-1-4-8-23)47-27-14-12-26(13-15-27)40-33(44)30(19-22-17-18-46-21-22)42-32(43)24-9-5-2-6-10-24/h1-21,31H,(H,40,44)(H,41,45)(H,42,43)/b30-19-. The van der Waals surface area contributed by atoms with Crippen molar-refractivity contribution in [1.82, 2.24) is 5.32 Å². The summed E-state index contributed by atoms with van der Waals surface area (Å²) in [6.07, 6.45) is -3.16. The van der Waals surface area contributed by atoms with Crippen LogP contribution in [0.15, 0.2) is 131 Å². The molecule has 1 aromatic heterocycles. The van der Waals surface area contributed by atoms with Crippen molar-refractivity contribution in [3.8, 4) is 0 Å². The lowest BCUT2D eigenvalue weighted by Gasteiger charge is -2.20. The van der Waals surface area contributed by atoms with Gasteiger partial charge in [0.25, 0.3) is 11.8 Å². The average Bonchev–Trinajstić information content (AvgIpc) is 3.58. The lowest BCUT2D eigenvalue weighted by atomic mass is 10.1. The second-order valence-electron chi connectivity index (χ2n) is 10.00. The van der Waals surface area contributed by atoms with Crippen LogP contribution in [0.2, 0.25) is 5.02 Å². The Morgan fingerprint density at radius 3 is 2.15 bits per heavy atom. The second kappa shape index (κ2) is 15.2. The highest BCUT2D eigenvalue weighted by atomic mass is 35.5. The Bertz CT molecular complexity index is 1880. The van der Waals surface area contributed by atoms with E-state index in [9.17, 15) is 27.6 Å². The molecule has 1 atom stereocenters. The van der Waals surface area contributed by atoms with Crippen molar-refractivity contribution >= 4 is 69.9 Å². The fourth-order valence-corrected chi connectivity index (χ4v) is 6.19. The summed E-state index contributed by atoms with van der Waals surface area (Å²) in [5, 5.41) is 10.6. The molecule has 0 fully saturated rings. The smallest absolute Gasteiger partial charge is 0.324 e. The lowest BCUT2D eigenvalue weighted by molar-refractivity contribution is -0.137. The molecule has 1 heterocycles. The lowest BCUT2D eigenvalue weighted by Crippen LogP contribution is -2.30. The minimum absolute atomic E-state index is 0.0388. The predicted molar refractivity (Wildman–Crippen MR) is 181 cm³/mol. The zero-order valence-corrected chi connectivity index (χ0v) is 26.6. The van der Waals surface area contributed by atoms with E-state index in [1.165, 1.54) is 17.4 Å². The Kier molecular flexibility index (Phi) is 10.8. The van der Waals surface area contributed by atoms with Crippen LogP contribution in [-0.2, 0) is 15.8 Å². The third-order valence-electron chi connectivity index (χ3n) is 6.63. The van der Waals surface area contributed by atoms with Gasteiger partial charge in [-0.15, -0.1) is 11.8 Å². The zero-order chi connectivity index (χ0) is 33.4. The number of hydrogen-bond donors (Lipinski definition) is 3. The summed E-state index contributed by atoms with van der Waals surface area (Å²) in [4.78, 5) is 40.2. The van der Waals surface area contributed by atoms with E-state index in [1.54, 1.807) is 91.0 Å². The summed E-state index contributed by atoms with van der Waals surface area (Å²) >= 11 is 8.38. The van der Waals surface area contributed by atoms with Crippen LogP contribution in [0.25, 0.3) is 6.08 Å². The SMILES string of the molecule is O=C(Nc1ccc(SC(C(=O)Nc2ccc(Cl)cc2C(F)(F)F)c2ccccc2)cc1)/C(=C/c1ccsc1)NC(=O)c1ccccc1. The van der Waals surface area contributed by atoms with Crippen LogP contribution in [0, 0.1) is 0 Å². The number of halogens is 4. The van der Waals surface area contributed by atoms with E-state index in [2.05, 4.69) is 16.0 Å². The Labute approximate surface area is 281 Å². The number of thiophene rings is 1. The topological polar surface area (TPSA) is 87.3 Å². The van der Waals surface area contributed by atoms with Gasteiger partial charge >= 0.3 is 6.18 Å². The van der Waals surface area contributed by atoms with Gasteiger partial charge in [-0.25, -0.2) is 0 Å². The van der Waals surface area contributed by atoms with E-state index in [0.717, 1.165) is 29.5 Å². The summed E-state index contributed by atoms with van der Waals surface area (Å²) < 4.78 is 41.1. The quantitative estimate of drug-likeness (QED) is 0.101. The number of carbonyl (C=O) groups is 3. The molecule has 12 heteroatoms. The molecule has 3 amide bonds. The molecule has 0 radical (unpaired) electrons. The summed E-state index contributed by atoms with van der Waals surface area (Å²) in [6, 6.07) is 28.8. The molecule has 5 aromatic rings. The number of hydrogen-bond acceptors (Lipinski definition) is 5. The van der Waals surface area contributed by atoms with E-state index in [1.807, 2.05) is 16.8 Å². The van der Waals surface area contributed by atoms with Crippen LogP contribution in [0.3, 0.4) is 0 Å². The number of alkyl halides is 3. The molecular weight excluding hydrogens is 667 g/mol. The maximum absolute atomic E-state index is 13.7. The van der Waals surface area contributed by atoms with Gasteiger partial charge in [0, 0.05) is 21.2 Å². The van der Waals surface area contributed by atoms with E-state index < -0.39 is 40.4 Å². The summed E-state index contributed by atoms with van der Waals surface area (Å²) in [7, 11) is 0. The average molecular weight is 692 g/mol. The number of benzene rings is 4. The minimum atomic E-state index is -4.73. The van der Waals surface area contributed by atoms with Gasteiger partial charge in [0.1, 0.15) is 10.9 Å². The van der Waals surface area contributed by atoms with Gasteiger partial charge in [0.2, 0.25) is 5.91 Å². The number of amides is 3. The number of rotatable bonds is 10. The minimum Gasteiger partial charge on any atom is -0.324 e. The first-order chi connectivity index (χ1) is 22.6. The molecule has 47 heavy (non-hydrogen) atoms. The van der Waals surface area contributed by atoms with Gasteiger partial charge in [-0.3, -0.25) is 14.4 Å². The van der Waals surface area contributed by atoms with Crippen LogP contribution in [0.5, 0.6) is 0 Å². The van der Waals surface area contributed by atoms with Gasteiger partial charge < -0.3 is 16.0 Å². The zero-order valence-electron chi connectivity index (χ0n) is 24.3. The first-order valence-corrected chi connectivity index (χ1v) is 16.2. The summed E-state index contributed by atoms with van der Waals surface area (Å²) in [6.45, 7) is 0. The van der Waals surface area contributed by atoms with E-state index in [-0.39, 0.29) is 10.7 Å². The Hall–Kier alpha value is -4.84. The van der Waals surface area contributed by atoms with Gasteiger partial charge in [-0.05, 0) is 88.6 Å². The number of carbonyl (C=O) groups excluding carboxylic acids is 3. The third kappa shape index (κ3) is 9.13. The first-order valence-electron chi connectivity index (χ1n) is 14.0. The third-order valence-corrected chi connectivity index (χ3v) is 8.84. The highest BCUT2D eigenvalue weighted by Crippen LogP contribution is 2.40. The molecule has 0 bridgehead atoms. The number of thioether (sulfide) groups is 1. The fraction of sp³-hybridized carbons (Fsp3) is 0.0571. The van der Waals surface area contributed by atoms with Crippen LogP contribution in [0.1, 0.15) is 32.3 Å². The Morgan fingerprint density at radius 1 is 0.830 bits per heavy atom. The predicted octanol–water partition coefficient (Wildman–Crippen LogP) is 9.30. The number of anilines is 2. The second-order valence-corrected chi connectivity index (χ2v) is 12.4. The normalized spacial score (nSPS) is 12.2. The summed E-state index contributed by atoms with van der Waals surface area (Å²) in [5.41, 5.74) is 0.706. The van der Waals surface area contributed by atoms with Crippen molar-refractivity contribution in [2.24, 2.45) is 0 Å². The fourth-order valence-electron chi connectivity index (χ4n) is 4.38. The van der Waals surface area contributed by atoms with Gasteiger partial charge in [0.05, 0.1) is 11.3 Å². The molecule has 0 aliphatic rings. The molecule has 0 aliphatic heterocycles. The van der Waals surface area contributed by atoms with E-state index in [0.29, 0.717) is 21.7 Å². The molecule has 6 nitrogen and oxygen atoms in total. The molecule has 0 spiro atoms. The Morgan fingerprint density at radius 2 is 1.51 bits per heavy atom. The van der Waals surface area contributed by atoms with Crippen molar-refractivity contribution in [3.63, 3.8) is 0 Å². The van der Waals surface area contributed by atoms with Crippen LogP contribution >= 0.6 is 34.7 Å². The monoisotopic (exact) mass is 691 g/mol. The molecule has 3 N–H and O–H groups in total. The maximum atomic E-state index is 13.7. The van der Waals surface area contributed by atoms with Crippen molar-refractivity contribution in [1.29, 1.82) is 0 Å². The van der Waals surface area contributed by atoms with E-state index in [4.69, 9.17) is 11.6 Å². The molecule has 0 saturated carbocycles. The molecule has 0 aliphatic carbocycles. The van der Waals surface area contributed by atoms with E-state index >= 15 is 0 Å². The van der Waals surface area contributed by atoms with Crippen LogP contribution in [0.4, 0.5) is 24.5 Å². The molecule has 0 saturated heterocycles. The van der Waals surface area contributed by atoms with Crippen LogP contribution < -0.4 is 16.0 Å². The van der Waals surface area contributed by atoms with Gasteiger partial charge in [0.15, 0.2) is 0 Å². The van der Waals surface area contributed by atoms with Crippen molar-refractivity contribution in [2.45, 2.75) is 16.3 Å². The first kappa shape index (κ1) is 33.5. The number of nitrogens with one attached hydrogen (secondary N) is 3. The van der Waals surface area contributed by atoms with Gasteiger partial charge in [-0.1, -0.05) is 60.1 Å². The molecule has 5 rings (SSSR count). The van der Waals surface area contributed by atoms with Crippen molar-refractivity contribution in [3.05, 3.63) is 153 Å². The summed E-state index contributed by atoms with van der Waals surface area (Å²) in [5.74, 6) is -1.66. The Balaban J connectivity index is 1.33. The van der Waals surface area contributed by atoms with Crippen molar-refractivity contribution in [2.75, 3.05) is 10.6 Å². The molecule has 1 unspecified atom stereocenters. The molecular formula is C35H25ClF3N3O3S2. The van der Waals surface area contributed by atoms with Gasteiger partial charge in [-0.2, -0.15) is 24.5 Å². The largest absolute Gasteiger partial charge is 0.418 e. The highest BCUT2D eigenvalue weighted by Gasteiger charge is 2.35. The van der Waals surface area contributed by atoms with Crippen molar-refractivity contribution < 1.29 is 27.6 Å². The molecule has 238 valence electrons.